The first-order chi connectivity index (χ1) is 11.4. The molecule has 0 amide bonds. The van der Waals surface area contributed by atoms with E-state index in [1.807, 2.05) is 45.0 Å². The molecule has 2 N–H and O–H groups in total. The molecule has 0 radical (unpaired) electrons. The van der Waals surface area contributed by atoms with Gasteiger partial charge in [-0.2, -0.15) is 5.10 Å². The molecule has 0 saturated carbocycles. The van der Waals surface area contributed by atoms with Gasteiger partial charge in [-0.05, 0) is 44.0 Å². The SMILES string of the molecule is Cc1ccccc1CNS(=O)(=O)c1ccc(-c2n[nH]c(C)c2C)o1. The molecule has 0 unspecified atom stereocenters. The van der Waals surface area contributed by atoms with Gasteiger partial charge in [-0.1, -0.05) is 24.3 Å². The average molecular weight is 345 g/mol. The highest BCUT2D eigenvalue weighted by molar-refractivity contribution is 7.89. The third kappa shape index (κ3) is 3.13. The van der Waals surface area contributed by atoms with E-state index >= 15 is 0 Å². The van der Waals surface area contributed by atoms with E-state index < -0.39 is 10.0 Å². The number of aryl methyl sites for hydroxylation is 2. The molecular formula is C17H19N3O3S. The van der Waals surface area contributed by atoms with Crippen molar-refractivity contribution in [3.05, 3.63) is 58.8 Å². The summed E-state index contributed by atoms with van der Waals surface area (Å²) < 4.78 is 32.9. The number of H-pyrrole nitrogens is 1. The van der Waals surface area contributed by atoms with Crippen molar-refractivity contribution in [2.24, 2.45) is 0 Å². The molecule has 3 rings (SSSR count). The molecule has 24 heavy (non-hydrogen) atoms. The second-order valence-electron chi connectivity index (χ2n) is 5.69. The zero-order valence-corrected chi connectivity index (χ0v) is 14.6. The van der Waals surface area contributed by atoms with Crippen LogP contribution in [0.1, 0.15) is 22.4 Å². The fourth-order valence-electron chi connectivity index (χ4n) is 2.37. The molecule has 0 aliphatic rings. The van der Waals surface area contributed by atoms with Gasteiger partial charge in [0.25, 0.3) is 10.0 Å². The molecule has 0 fully saturated rings. The van der Waals surface area contributed by atoms with Gasteiger partial charge in [0.1, 0.15) is 5.69 Å². The van der Waals surface area contributed by atoms with Crippen molar-refractivity contribution in [1.29, 1.82) is 0 Å². The van der Waals surface area contributed by atoms with Crippen LogP contribution in [-0.4, -0.2) is 18.6 Å². The van der Waals surface area contributed by atoms with Crippen LogP contribution in [0.4, 0.5) is 0 Å². The van der Waals surface area contributed by atoms with E-state index in [0.717, 1.165) is 22.4 Å². The van der Waals surface area contributed by atoms with Gasteiger partial charge in [-0.15, -0.1) is 0 Å². The van der Waals surface area contributed by atoms with E-state index in [4.69, 9.17) is 4.42 Å². The van der Waals surface area contributed by atoms with Gasteiger partial charge >= 0.3 is 0 Å². The van der Waals surface area contributed by atoms with E-state index in [0.29, 0.717) is 11.5 Å². The first-order valence-corrected chi connectivity index (χ1v) is 9.03. The number of benzene rings is 1. The number of hydrogen-bond acceptors (Lipinski definition) is 4. The Bertz CT molecular complexity index is 971. The highest BCUT2D eigenvalue weighted by Gasteiger charge is 2.21. The third-order valence-electron chi connectivity index (χ3n) is 4.05. The third-order valence-corrected chi connectivity index (χ3v) is 5.32. The number of aromatic amines is 1. The Kier molecular flexibility index (Phi) is 4.29. The quantitative estimate of drug-likeness (QED) is 0.744. The number of hydrogen-bond donors (Lipinski definition) is 2. The minimum absolute atomic E-state index is 0.119. The fourth-order valence-corrected chi connectivity index (χ4v) is 3.30. The van der Waals surface area contributed by atoms with Gasteiger partial charge in [0.2, 0.25) is 5.09 Å². The number of rotatable bonds is 5. The minimum atomic E-state index is -3.72. The molecule has 0 bridgehead atoms. The Morgan fingerprint density at radius 2 is 1.88 bits per heavy atom. The second-order valence-corrected chi connectivity index (χ2v) is 7.39. The second kappa shape index (κ2) is 6.26. The molecule has 0 saturated heterocycles. The lowest BCUT2D eigenvalue weighted by atomic mass is 10.1. The van der Waals surface area contributed by atoms with E-state index in [9.17, 15) is 8.42 Å². The van der Waals surface area contributed by atoms with E-state index in [1.54, 1.807) is 6.07 Å². The largest absolute Gasteiger partial charge is 0.442 e. The molecule has 0 aliphatic carbocycles. The van der Waals surface area contributed by atoms with Crippen molar-refractivity contribution in [1.82, 2.24) is 14.9 Å². The monoisotopic (exact) mass is 345 g/mol. The summed E-state index contributed by atoms with van der Waals surface area (Å²) in [6.07, 6.45) is 0. The van der Waals surface area contributed by atoms with Gasteiger partial charge in [-0.3, -0.25) is 5.10 Å². The lowest BCUT2D eigenvalue weighted by molar-refractivity contribution is 0.454. The summed E-state index contributed by atoms with van der Waals surface area (Å²) in [4.78, 5) is 0. The van der Waals surface area contributed by atoms with Gasteiger partial charge in [-0.25, -0.2) is 13.1 Å². The number of aromatic nitrogens is 2. The van der Waals surface area contributed by atoms with E-state index in [2.05, 4.69) is 14.9 Å². The summed E-state index contributed by atoms with van der Waals surface area (Å²) in [6, 6.07) is 10.7. The van der Waals surface area contributed by atoms with Crippen LogP contribution in [0.25, 0.3) is 11.5 Å². The Balaban J connectivity index is 1.81. The highest BCUT2D eigenvalue weighted by Crippen LogP contribution is 2.26. The number of furan rings is 1. The zero-order chi connectivity index (χ0) is 17.3. The first-order valence-electron chi connectivity index (χ1n) is 7.54. The Hall–Kier alpha value is -2.38. The summed E-state index contributed by atoms with van der Waals surface area (Å²) in [5.74, 6) is 0.424. The lowest BCUT2D eigenvalue weighted by Crippen LogP contribution is -2.23. The first kappa shape index (κ1) is 16.5. The molecule has 0 atom stereocenters. The Labute approximate surface area is 141 Å². The number of nitrogens with zero attached hydrogens (tertiary/aromatic N) is 1. The van der Waals surface area contributed by atoms with Gasteiger partial charge in [0, 0.05) is 17.8 Å². The van der Waals surface area contributed by atoms with Crippen LogP contribution in [0, 0.1) is 20.8 Å². The molecule has 0 spiro atoms. The van der Waals surface area contributed by atoms with Crippen LogP contribution in [0.5, 0.6) is 0 Å². The summed E-state index contributed by atoms with van der Waals surface area (Å²) in [7, 11) is -3.72. The van der Waals surface area contributed by atoms with Crippen molar-refractivity contribution in [3.63, 3.8) is 0 Å². The smallest absolute Gasteiger partial charge is 0.274 e. The molecule has 2 heterocycles. The van der Waals surface area contributed by atoms with Crippen molar-refractivity contribution in [3.8, 4) is 11.5 Å². The van der Waals surface area contributed by atoms with Crippen LogP contribution in [0.15, 0.2) is 45.9 Å². The topological polar surface area (TPSA) is 88.0 Å². The van der Waals surface area contributed by atoms with Crippen molar-refractivity contribution in [2.75, 3.05) is 0 Å². The maximum absolute atomic E-state index is 12.4. The van der Waals surface area contributed by atoms with Crippen LogP contribution < -0.4 is 4.72 Å². The maximum Gasteiger partial charge on any atom is 0.274 e. The normalized spacial score (nSPS) is 11.8. The van der Waals surface area contributed by atoms with Crippen molar-refractivity contribution in [2.45, 2.75) is 32.4 Å². The van der Waals surface area contributed by atoms with E-state index in [-0.39, 0.29) is 11.6 Å². The maximum atomic E-state index is 12.4. The molecule has 6 nitrogen and oxygen atoms in total. The number of nitrogens with one attached hydrogen (secondary N) is 2. The van der Waals surface area contributed by atoms with E-state index in [1.165, 1.54) is 6.07 Å². The summed E-state index contributed by atoms with van der Waals surface area (Å²) in [5, 5.41) is 6.89. The molecule has 0 aliphatic heterocycles. The molecule has 2 aromatic heterocycles. The van der Waals surface area contributed by atoms with Gasteiger partial charge in [0.15, 0.2) is 5.76 Å². The Morgan fingerprint density at radius 1 is 1.12 bits per heavy atom. The molecule has 1 aromatic carbocycles. The molecule has 126 valence electrons. The lowest BCUT2D eigenvalue weighted by Gasteiger charge is -2.07. The highest BCUT2D eigenvalue weighted by atomic mass is 32.2. The summed E-state index contributed by atoms with van der Waals surface area (Å²) in [6.45, 7) is 5.96. The predicted molar refractivity (Wildman–Crippen MR) is 91.0 cm³/mol. The fraction of sp³-hybridized carbons (Fsp3) is 0.235. The van der Waals surface area contributed by atoms with Crippen LogP contribution in [0.3, 0.4) is 0 Å². The summed E-state index contributed by atoms with van der Waals surface area (Å²) in [5.41, 5.74) is 4.42. The standard InChI is InChI=1S/C17H19N3O3S/c1-11-6-4-5-7-14(11)10-18-24(21,22)16-9-8-15(23-16)17-12(2)13(3)19-20-17/h4-9,18H,10H2,1-3H3,(H,19,20). The van der Waals surface area contributed by atoms with Crippen molar-refractivity contribution >= 4 is 10.0 Å². The molecular weight excluding hydrogens is 326 g/mol. The number of sulfonamides is 1. The molecule has 3 aromatic rings. The average Bonchev–Trinajstić information content (AvgIpc) is 3.15. The van der Waals surface area contributed by atoms with Crippen LogP contribution in [0.2, 0.25) is 0 Å². The Morgan fingerprint density at radius 3 is 2.54 bits per heavy atom. The van der Waals surface area contributed by atoms with Crippen LogP contribution in [-0.2, 0) is 16.6 Å². The molecule has 7 heteroatoms. The van der Waals surface area contributed by atoms with Gasteiger partial charge < -0.3 is 4.42 Å². The zero-order valence-electron chi connectivity index (χ0n) is 13.8. The van der Waals surface area contributed by atoms with Gasteiger partial charge in [0.05, 0.1) is 0 Å². The van der Waals surface area contributed by atoms with Crippen LogP contribution >= 0.6 is 0 Å². The van der Waals surface area contributed by atoms with Crippen molar-refractivity contribution < 1.29 is 12.8 Å². The summed E-state index contributed by atoms with van der Waals surface area (Å²) >= 11 is 0. The predicted octanol–water partition coefficient (Wildman–Crippen LogP) is 3.07. The minimum Gasteiger partial charge on any atom is -0.442 e.